The van der Waals surface area contributed by atoms with Crippen LogP contribution in [0.15, 0.2) is 64.1 Å². The van der Waals surface area contributed by atoms with E-state index in [0.717, 1.165) is 17.5 Å². The predicted octanol–water partition coefficient (Wildman–Crippen LogP) is 7.15. The molecule has 5 nitrogen and oxygen atoms in total. The lowest BCUT2D eigenvalue weighted by Crippen LogP contribution is -2.25. The van der Waals surface area contributed by atoms with Crippen LogP contribution in [0.1, 0.15) is 57.9 Å². The highest BCUT2D eigenvalue weighted by atomic mass is 35.5. The summed E-state index contributed by atoms with van der Waals surface area (Å²) in [4.78, 5) is 12.1. The Bertz CT molecular complexity index is 1160. The standard InChI is InChI=1S/C28H33ClN2O3/c1-19-7-8-20(15-24(19)29)25-14-13-23(34-25)16-30-31-26(32)17-33-22-11-9-21(10-12-22)28(5,6)18-27(2,3)4/h7-16H,17-18H2,1-6H3,(H,31,32)/b30-16-. The zero-order valence-corrected chi connectivity index (χ0v) is 21.5. The molecule has 1 N–H and O–H groups in total. The number of hydrazone groups is 1. The van der Waals surface area contributed by atoms with Crippen molar-refractivity contribution < 1.29 is 13.9 Å². The lowest BCUT2D eigenvalue weighted by Gasteiger charge is -2.33. The molecule has 1 aromatic heterocycles. The minimum absolute atomic E-state index is 0.0559. The number of halogens is 1. The molecule has 3 aromatic rings. The minimum Gasteiger partial charge on any atom is -0.484 e. The fraction of sp³-hybridized carbons (Fsp3) is 0.357. The number of carbonyl (C=O) groups excluding carboxylic acids is 1. The van der Waals surface area contributed by atoms with Crippen molar-refractivity contribution in [2.45, 2.75) is 53.4 Å². The average Bonchev–Trinajstić information content (AvgIpc) is 3.22. The smallest absolute Gasteiger partial charge is 0.277 e. The van der Waals surface area contributed by atoms with Gasteiger partial charge in [-0.1, -0.05) is 70.5 Å². The van der Waals surface area contributed by atoms with Crippen LogP contribution in [0.4, 0.5) is 0 Å². The number of carbonyl (C=O) groups is 1. The van der Waals surface area contributed by atoms with Gasteiger partial charge in [-0.2, -0.15) is 5.10 Å². The number of aryl methyl sites for hydroxylation is 1. The number of benzene rings is 2. The predicted molar refractivity (Wildman–Crippen MR) is 139 cm³/mol. The monoisotopic (exact) mass is 480 g/mol. The third-order valence-electron chi connectivity index (χ3n) is 5.44. The van der Waals surface area contributed by atoms with Gasteiger partial charge >= 0.3 is 0 Å². The summed E-state index contributed by atoms with van der Waals surface area (Å²) < 4.78 is 11.4. The maximum absolute atomic E-state index is 12.1. The van der Waals surface area contributed by atoms with Gasteiger partial charge in [0.25, 0.3) is 5.91 Å². The molecular formula is C28H33ClN2O3. The molecule has 0 atom stereocenters. The van der Waals surface area contributed by atoms with Gasteiger partial charge in [0.1, 0.15) is 17.3 Å². The Hall–Kier alpha value is -3.05. The van der Waals surface area contributed by atoms with Gasteiger partial charge in [-0.3, -0.25) is 4.79 Å². The van der Waals surface area contributed by atoms with E-state index in [1.54, 1.807) is 6.07 Å². The number of hydrogen-bond acceptors (Lipinski definition) is 4. The van der Waals surface area contributed by atoms with Crippen LogP contribution < -0.4 is 10.2 Å². The van der Waals surface area contributed by atoms with Gasteiger partial charge in [-0.25, -0.2) is 5.43 Å². The first kappa shape index (κ1) is 25.6. The molecule has 0 aliphatic carbocycles. The maximum Gasteiger partial charge on any atom is 0.277 e. The number of nitrogens with one attached hydrogen (secondary N) is 1. The highest BCUT2D eigenvalue weighted by Gasteiger charge is 2.27. The van der Waals surface area contributed by atoms with Gasteiger partial charge in [0, 0.05) is 10.6 Å². The summed E-state index contributed by atoms with van der Waals surface area (Å²) in [6.45, 7) is 13.1. The largest absolute Gasteiger partial charge is 0.484 e. The maximum atomic E-state index is 12.1. The third kappa shape index (κ3) is 7.22. The van der Waals surface area contributed by atoms with E-state index in [4.69, 9.17) is 20.8 Å². The molecule has 1 amide bonds. The van der Waals surface area contributed by atoms with E-state index in [0.29, 0.717) is 22.3 Å². The normalized spacial score (nSPS) is 12.2. The van der Waals surface area contributed by atoms with Crippen molar-refractivity contribution in [2.24, 2.45) is 10.5 Å². The SMILES string of the molecule is Cc1ccc(-c2ccc(/C=N\NC(=O)COc3ccc(C(C)(C)CC(C)(C)C)cc3)o2)cc1Cl. The quantitative estimate of drug-likeness (QED) is 0.275. The first-order valence-electron chi connectivity index (χ1n) is 11.3. The second-order valence-corrected chi connectivity index (χ2v) is 10.8. The second kappa shape index (κ2) is 10.5. The van der Waals surface area contributed by atoms with Crippen LogP contribution in [0.25, 0.3) is 11.3 Å². The number of nitrogens with zero attached hydrogens (tertiary/aromatic N) is 1. The summed E-state index contributed by atoms with van der Waals surface area (Å²) in [6.07, 6.45) is 2.51. The Kier molecular flexibility index (Phi) is 7.88. The van der Waals surface area contributed by atoms with Crippen LogP contribution in [0.2, 0.25) is 5.02 Å². The van der Waals surface area contributed by atoms with Crippen molar-refractivity contribution in [3.63, 3.8) is 0 Å². The van der Waals surface area contributed by atoms with E-state index < -0.39 is 0 Å². The number of furan rings is 1. The molecule has 0 saturated heterocycles. The van der Waals surface area contributed by atoms with Crippen molar-refractivity contribution in [1.29, 1.82) is 0 Å². The first-order chi connectivity index (χ1) is 15.9. The second-order valence-electron chi connectivity index (χ2n) is 10.4. The van der Waals surface area contributed by atoms with E-state index in [2.05, 4.69) is 57.3 Å². The Labute approximate surface area is 207 Å². The lowest BCUT2D eigenvalue weighted by molar-refractivity contribution is -0.123. The van der Waals surface area contributed by atoms with E-state index in [-0.39, 0.29) is 23.3 Å². The highest BCUT2D eigenvalue weighted by Crippen LogP contribution is 2.36. The van der Waals surface area contributed by atoms with E-state index in [1.165, 1.54) is 11.8 Å². The summed E-state index contributed by atoms with van der Waals surface area (Å²) in [6, 6.07) is 17.3. The molecule has 0 radical (unpaired) electrons. The van der Waals surface area contributed by atoms with Gasteiger partial charge in [0.05, 0.1) is 6.21 Å². The Balaban J connectivity index is 1.49. The molecule has 3 rings (SSSR count). The summed E-state index contributed by atoms with van der Waals surface area (Å²) in [5.74, 6) is 1.47. The fourth-order valence-corrected chi connectivity index (χ4v) is 4.28. The van der Waals surface area contributed by atoms with Crippen molar-refractivity contribution in [3.05, 3.63) is 76.5 Å². The van der Waals surface area contributed by atoms with Crippen molar-refractivity contribution >= 4 is 23.7 Å². The topological polar surface area (TPSA) is 63.8 Å². The van der Waals surface area contributed by atoms with Crippen LogP contribution in [0, 0.1) is 12.3 Å². The van der Waals surface area contributed by atoms with Crippen molar-refractivity contribution in [3.8, 4) is 17.1 Å². The molecule has 0 aliphatic heterocycles. The molecule has 1 heterocycles. The zero-order chi connectivity index (χ0) is 24.9. The Morgan fingerprint density at radius 1 is 1.06 bits per heavy atom. The molecule has 0 saturated carbocycles. The summed E-state index contributed by atoms with van der Waals surface area (Å²) in [5.41, 5.74) is 5.87. The third-order valence-corrected chi connectivity index (χ3v) is 5.85. The molecule has 0 unspecified atom stereocenters. The number of hydrogen-bond donors (Lipinski definition) is 1. The highest BCUT2D eigenvalue weighted by molar-refractivity contribution is 6.31. The molecule has 34 heavy (non-hydrogen) atoms. The molecule has 0 spiro atoms. The minimum atomic E-state index is -0.356. The Morgan fingerprint density at radius 3 is 2.41 bits per heavy atom. The lowest BCUT2D eigenvalue weighted by atomic mass is 9.72. The summed E-state index contributed by atoms with van der Waals surface area (Å²) in [5, 5.41) is 4.63. The van der Waals surface area contributed by atoms with Crippen LogP contribution in [-0.4, -0.2) is 18.7 Å². The average molecular weight is 481 g/mol. The molecule has 180 valence electrons. The van der Waals surface area contributed by atoms with Gasteiger partial charge in [-0.15, -0.1) is 0 Å². The fourth-order valence-electron chi connectivity index (χ4n) is 4.10. The number of ether oxygens (including phenoxy) is 1. The van der Waals surface area contributed by atoms with Crippen LogP contribution in [-0.2, 0) is 10.2 Å². The van der Waals surface area contributed by atoms with Crippen molar-refractivity contribution in [2.75, 3.05) is 6.61 Å². The molecule has 2 aromatic carbocycles. The number of amides is 1. The van der Waals surface area contributed by atoms with Crippen LogP contribution in [0.3, 0.4) is 0 Å². The summed E-state index contributed by atoms with van der Waals surface area (Å²) >= 11 is 6.19. The zero-order valence-electron chi connectivity index (χ0n) is 20.7. The van der Waals surface area contributed by atoms with E-state index in [1.807, 2.05) is 43.3 Å². The molecular weight excluding hydrogens is 448 g/mol. The van der Waals surface area contributed by atoms with E-state index in [9.17, 15) is 4.79 Å². The van der Waals surface area contributed by atoms with Gasteiger partial charge in [-0.05, 0) is 65.6 Å². The van der Waals surface area contributed by atoms with Crippen molar-refractivity contribution in [1.82, 2.24) is 5.43 Å². The molecule has 0 fully saturated rings. The number of rotatable bonds is 8. The van der Waals surface area contributed by atoms with E-state index >= 15 is 0 Å². The van der Waals surface area contributed by atoms with Gasteiger partial charge in [0.15, 0.2) is 6.61 Å². The molecule has 0 bridgehead atoms. The summed E-state index contributed by atoms with van der Waals surface area (Å²) in [7, 11) is 0. The Morgan fingerprint density at radius 2 is 1.76 bits per heavy atom. The first-order valence-corrected chi connectivity index (χ1v) is 11.7. The molecule has 0 aliphatic rings. The molecule has 6 heteroatoms. The van der Waals surface area contributed by atoms with Crippen LogP contribution >= 0.6 is 11.6 Å². The van der Waals surface area contributed by atoms with Gasteiger partial charge in [0.2, 0.25) is 0 Å². The van der Waals surface area contributed by atoms with Gasteiger partial charge < -0.3 is 9.15 Å². The van der Waals surface area contributed by atoms with Crippen LogP contribution in [0.5, 0.6) is 5.75 Å².